The second-order valence-electron chi connectivity index (χ2n) is 4.69. The summed E-state index contributed by atoms with van der Waals surface area (Å²) in [6.07, 6.45) is 0. The number of allylic oxidation sites excluding steroid dienone is 2. The molecule has 1 aromatic carbocycles. The van der Waals surface area contributed by atoms with Crippen molar-refractivity contribution in [3.8, 4) is 0 Å². The van der Waals surface area contributed by atoms with Crippen molar-refractivity contribution in [2.45, 2.75) is 45.3 Å². The summed E-state index contributed by atoms with van der Waals surface area (Å²) < 4.78 is 0. The lowest BCUT2D eigenvalue weighted by Crippen LogP contribution is -2.21. The molecule has 0 nitrogen and oxygen atoms in total. The number of benzene rings is 1. The molecule has 1 atom stereocenters. The zero-order valence-corrected chi connectivity index (χ0v) is 11.8. The van der Waals surface area contributed by atoms with Gasteiger partial charge in [0.05, 0.1) is 8.80 Å². The van der Waals surface area contributed by atoms with Gasteiger partial charge in [0, 0.05) is 0 Å². The molecule has 1 radical (unpaired) electrons. The Morgan fingerprint density at radius 1 is 1.06 bits per heavy atom. The van der Waals surface area contributed by atoms with Crippen LogP contribution in [0.1, 0.15) is 44.4 Å². The molecule has 0 fully saturated rings. The summed E-state index contributed by atoms with van der Waals surface area (Å²) in [5, 5.41) is 0. The second kappa shape index (κ2) is 4.58. The molecule has 0 aromatic heterocycles. The summed E-state index contributed by atoms with van der Waals surface area (Å²) in [6, 6.07) is 11.8. The van der Waals surface area contributed by atoms with Crippen molar-refractivity contribution in [3.05, 3.63) is 41.0 Å². The Kier molecular flexibility index (Phi) is 3.34. The van der Waals surface area contributed by atoms with Gasteiger partial charge in [-0.1, -0.05) is 55.8 Å². The third-order valence-corrected chi connectivity index (χ3v) is 7.39. The fourth-order valence-electron chi connectivity index (χ4n) is 2.94. The predicted molar refractivity (Wildman–Crippen MR) is 74.2 cm³/mol. The molecule has 0 bridgehead atoms. The fraction of sp³-hybridized carbons (Fsp3) is 0.467. The molecule has 1 heteroatoms. The van der Waals surface area contributed by atoms with E-state index in [1.807, 2.05) is 0 Å². The van der Waals surface area contributed by atoms with E-state index in [-0.39, 0.29) is 8.80 Å². The van der Waals surface area contributed by atoms with E-state index in [1.54, 1.807) is 11.1 Å². The highest BCUT2D eigenvalue weighted by Crippen LogP contribution is 2.43. The Labute approximate surface area is 101 Å². The van der Waals surface area contributed by atoms with Crippen molar-refractivity contribution in [1.29, 1.82) is 0 Å². The van der Waals surface area contributed by atoms with Crippen LogP contribution < -0.4 is 0 Å². The molecule has 0 N–H and O–H groups in total. The van der Waals surface area contributed by atoms with E-state index in [2.05, 4.69) is 52.0 Å². The molecular formula is C15H21Si. The number of rotatable bonds is 3. The van der Waals surface area contributed by atoms with Crippen LogP contribution in [0, 0.1) is 0 Å². The van der Waals surface area contributed by atoms with Gasteiger partial charge in [0.1, 0.15) is 0 Å². The molecule has 85 valence electrons. The van der Waals surface area contributed by atoms with Crippen LogP contribution in [0.2, 0.25) is 12.1 Å². The van der Waals surface area contributed by atoms with Crippen LogP contribution in [0.4, 0.5) is 0 Å². The molecule has 16 heavy (non-hydrogen) atoms. The molecule has 0 saturated carbocycles. The van der Waals surface area contributed by atoms with Crippen molar-refractivity contribution in [2.75, 3.05) is 0 Å². The first kappa shape index (κ1) is 11.7. The highest BCUT2D eigenvalue weighted by molar-refractivity contribution is 6.61. The maximum Gasteiger partial charge on any atom is 0.0611 e. The minimum Gasteiger partial charge on any atom is -0.0679 e. The highest BCUT2D eigenvalue weighted by Gasteiger charge is 2.31. The smallest absolute Gasteiger partial charge is 0.0611 e. The van der Waals surface area contributed by atoms with Gasteiger partial charge in [-0.2, -0.15) is 0 Å². The lowest BCUT2D eigenvalue weighted by atomic mass is 10.1. The number of hydrogen-bond acceptors (Lipinski definition) is 0. The predicted octanol–water partition coefficient (Wildman–Crippen LogP) is 4.65. The summed E-state index contributed by atoms with van der Waals surface area (Å²) in [4.78, 5) is 0. The molecule has 0 saturated heterocycles. The highest BCUT2D eigenvalue weighted by atomic mass is 28.3. The SMILES string of the molecule is CC[Si](CC)C1C(C)=C(C)c2ccccc21. The molecule has 1 aliphatic rings. The average molecular weight is 229 g/mol. The Hall–Kier alpha value is -0.823. The van der Waals surface area contributed by atoms with Gasteiger partial charge in [0.15, 0.2) is 0 Å². The van der Waals surface area contributed by atoms with Crippen molar-refractivity contribution in [3.63, 3.8) is 0 Å². The quantitative estimate of drug-likeness (QED) is 0.662. The topological polar surface area (TPSA) is 0 Å². The summed E-state index contributed by atoms with van der Waals surface area (Å²) in [5.41, 5.74) is 7.06. The van der Waals surface area contributed by atoms with Gasteiger partial charge in [-0.15, -0.1) is 0 Å². The van der Waals surface area contributed by atoms with Crippen molar-refractivity contribution in [2.24, 2.45) is 0 Å². The zero-order chi connectivity index (χ0) is 11.7. The van der Waals surface area contributed by atoms with Gasteiger partial charge < -0.3 is 0 Å². The van der Waals surface area contributed by atoms with Crippen LogP contribution in [0.5, 0.6) is 0 Å². The number of fused-ring (bicyclic) bond motifs is 1. The Morgan fingerprint density at radius 3 is 2.31 bits per heavy atom. The van der Waals surface area contributed by atoms with Crippen molar-refractivity contribution in [1.82, 2.24) is 0 Å². The molecule has 1 aliphatic carbocycles. The van der Waals surface area contributed by atoms with Gasteiger partial charge in [-0.05, 0) is 36.1 Å². The first-order chi connectivity index (χ1) is 7.70. The monoisotopic (exact) mass is 229 g/mol. The zero-order valence-electron chi connectivity index (χ0n) is 10.8. The van der Waals surface area contributed by atoms with E-state index in [1.165, 1.54) is 23.2 Å². The third kappa shape index (κ3) is 1.67. The van der Waals surface area contributed by atoms with Gasteiger partial charge in [-0.3, -0.25) is 0 Å². The van der Waals surface area contributed by atoms with Crippen LogP contribution in [-0.2, 0) is 0 Å². The molecule has 1 aromatic rings. The Morgan fingerprint density at radius 2 is 1.69 bits per heavy atom. The summed E-state index contributed by atoms with van der Waals surface area (Å²) in [7, 11) is -0.252. The van der Waals surface area contributed by atoms with Crippen LogP contribution >= 0.6 is 0 Å². The molecule has 0 spiro atoms. The van der Waals surface area contributed by atoms with Gasteiger partial charge in [0.25, 0.3) is 0 Å². The Balaban J connectivity index is 2.48. The molecule has 2 rings (SSSR count). The lowest BCUT2D eigenvalue weighted by molar-refractivity contribution is 1.05. The summed E-state index contributed by atoms with van der Waals surface area (Å²) in [5.74, 6) is 0. The van der Waals surface area contributed by atoms with Crippen molar-refractivity contribution < 1.29 is 0 Å². The fourth-order valence-corrected chi connectivity index (χ4v) is 5.77. The van der Waals surface area contributed by atoms with Crippen LogP contribution in [0.3, 0.4) is 0 Å². The minimum absolute atomic E-state index is 0.252. The maximum absolute atomic E-state index is 2.36. The summed E-state index contributed by atoms with van der Waals surface area (Å²) in [6.45, 7) is 9.36. The summed E-state index contributed by atoms with van der Waals surface area (Å²) >= 11 is 0. The van der Waals surface area contributed by atoms with E-state index in [0.717, 1.165) is 5.54 Å². The van der Waals surface area contributed by atoms with E-state index in [0.29, 0.717) is 0 Å². The standard InChI is InChI=1S/C15H21Si/c1-5-16(6-2)15-12(4)11(3)13-9-7-8-10-14(13)15/h7-10,15H,5-6H2,1-4H3. The number of hydrogen-bond donors (Lipinski definition) is 0. The molecular weight excluding hydrogens is 208 g/mol. The Bertz CT molecular complexity index is 413. The first-order valence-electron chi connectivity index (χ1n) is 6.31. The second-order valence-corrected chi connectivity index (χ2v) is 8.00. The van der Waals surface area contributed by atoms with Gasteiger partial charge in [0.2, 0.25) is 0 Å². The van der Waals surface area contributed by atoms with Crippen LogP contribution in [0.15, 0.2) is 29.8 Å². The molecule has 0 heterocycles. The van der Waals surface area contributed by atoms with Gasteiger partial charge >= 0.3 is 0 Å². The minimum atomic E-state index is -0.252. The molecule has 1 unspecified atom stereocenters. The van der Waals surface area contributed by atoms with Gasteiger partial charge in [-0.25, -0.2) is 0 Å². The lowest BCUT2D eigenvalue weighted by Gasteiger charge is -2.22. The van der Waals surface area contributed by atoms with E-state index in [4.69, 9.17) is 0 Å². The maximum atomic E-state index is 2.36. The average Bonchev–Trinajstić information content (AvgIpc) is 2.57. The van der Waals surface area contributed by atoms with Crippen LogP contribution in [0.25, 0.3) is 5.57 Å². The largest absolute Gasteiger partial charge is 0.0679 e. The van der Waals surface area contributed by atoms with E-state index >= 15 is 0 Å². The molecule has 0 amide bonds. The van der Waals surface area contributed by atoms with Crippen molar-refractivity contribution >= 4 is 14.4 Å². The van der Waals surface area contributed by atoms with E-state index < -0.39 is 0 Å². The first-order valence-corrected chi connectivity index (χ1v) is 8.31. The molecule has 0 aliphatic heterocycles. The normalized spacial score (nSPS) is 19.4. The van der Waals surface area contributed by atoms with Crippen LogP contribution in [-0.4, -0.2) is 8.80 Å². The third-order valence-electron chi connectivity index (χ3n) is 4.02. The van der Waals surface area contributed by atoms with E-state index in [9.17, 15) is 0 Å².